The highest BCUT2D eigenvalue weighted by molar-refractivity contribution is 5.72. The molecule has 2 atom stereocenters. The average molecular weight is 199 g/mol. The summed E-state index contributed by atoms with van der Waals surface area (Å²) in [5.74, 6) is -0.203. The van der Waals surface area contributed by atoms with Gasteiger partial charge in [-0.2, -0.15) is 0 Å². The van der Waals surface area contributed by atoms with E-state index in [1.54, 1.807) is 0 Å². The Labute approximate surface area is 86.2 Å². The van der Waals surface area contributed by atoms with E-state index >= 15 is 0 Å². The first kappa shape index (κ1) is 11.5. The number of hydrogen-bond donors (Lipinski definition) is 1. The van der Waals surface area contributed by atoms with Crippen molar-refractivity contribution in [1.29, 1.82) is 0 Å². The lowest BCUT2D eigenvalue weighted by atomic mass is 9.77. The summed E-state index contributed by atoms with van der Waals surface area (Å²) in [4.78, 5) is 11.3. The highest BCUT2D eigenvalue weighted by Crippen LogP contribution is 2.32. The van der Waals surface area contributed by atoms with E-state index in [0.29, 0.717) is 0 Å². The summed E-state index contributed by atoms with van der Waals surface area (Å²) < 4.78 is 4.72. The summed E-state index contributed by atoms with van der Waals surface area (Å²) in [7, 11) is 1.44. The van der Waals surface area contributed by atoms with Gasteiger partial charge in [0.1, 0.15) is 0 Å². The highest BCUT2D eigenvalue weighted by atomic mass is 16.5. The van der Waals surface area contributed by atoms with Crippen LogP contribution in [0.4, 0.5) is 0 Å². The van der Waals surface area contributed by atoms with Crippen molar-refractivity contribution in [1.82, 2.24) is 5.32 Å². The lowest BCUT2D eigenvalue weighted by Crippen LogP contribution is -2.54. The fourth-order valence-corrected chi connectivity index (χ4v) is 1.92. The maximum absolute atomic E-state index is 11.3. The van der Waals surface area contributed by atoms with Crippen molar-refractivity contribution in [2.24, 2.45) is 5.92 Å². The van der Waals surface area contributed by atoms with Gasteiger partial charge in [-0.15, -0.1) is 0 Å². The molecule has 3 heteroatoms. The molecule has 1 aliphatic rings. The second kappa shape index (κ2) is 4.30. The number of hydrogen-bond acceptors (Lipinski definition) is 3. The molecule has 1 rings (SSSR count). The lowest BCUT2D eigenvalue weighted by Gasteiger charge is -2.42. The molecule has 0 aromatic heterocycles. The molecule has 0 saturated heterocycles. The van der Waals surface area contributed by atoms with Crippen LogP contribution in [0.25, 0.3) is 0 Å². The van der Waals surface area contributed by atoms with Crippen LogP contribution in [0.2, 0.25) is 0 Å². The maximum Gasteiger partial charge on any atom is 0.309 e. The molecule has 0 amide bonds. The predicted molar refractivity (Wildman–Crippen MR) is 56.0 cm³/mol. The Morgan fingerprint density at radius 1 is 1.43 bits per heavy atom. The van der Waals surface area contributed by atoms with Gasteiger partial charge in [-0.25, -0.2) is 0 Å². The lowest BCUT2D eigenvalue weighted by molar-refractivity contribution is -0.145. The summed E-state index contributed by atoms with van der Waals surface area (Å²) in [5.41, 5.74) is 0.252. The molecule has 0 aliphatic heterocycles. The minimum absolute atomic E-state index is 0.0718. The van der Waals surface area contributed by atoms with E-state index in [2.05, 4.69) is 12.2 Å². The van der Waals surface area contributed by atoms with Gasteiger partial charge in [0.2, 0.25) is 0 Å². The van der Waals surface area contributed by atoms with Crippen molar-refractivity contribution in [3.8, 4) is 0 Å². The monoisotopic (exact) mass is 199 g/mol. The first-order valence-electron chi connectivity index (χ1n) is 5.34. The number of methoxy groups -OCH3 is 1. The molecule has 2 unspecified atom stereocenters. The molecule has 1 fully saturated rings. The van der Waals surface area contributed by atoms with Gasteiger partial charge in [0.25, 0.3) is 0 Å². The normalized spacial score (nSPS) is 23.4. The predicted octanol–water partition coefficient (Wildman–Crippen LogP) is 1.72. The SMILES string of the molecule is COC(=O)C(C)C(C)NC1(C)CCC1. The van der Waals surface area contributed by atoms with E-state index in [4.69, 9.17) is 4.74 Å². The molecule has 0 aromatic rings. The summed E-state index contributed by atoms with van der Waals surface area (Å²) in [6, 6.07) is 0.188. The van der Waals surface area contributed by atoms with Gasteiger partial charge in [0, 0.05) is 11.6 Å². The van der Waals surface area contributed by atoms with Crippen molar-refractivity contribution in [2.45, 2.75) is 51.6 Å². The highest BCUT2D eigenvalue weighted by Gasteiger charge is 2.34. The number of carbonyl (C=O) groups is 1. The first-order valence-corrected chi connectivity index (χ1v) is 5.34. The number of esters is 1. The molecule has 0 radical (unpaired) electrons. The Hall–Kier alpha value is -0.570. The topological polar surface area (TPSA) is 38.3 Å². The fourth-order valence-electron chi connectivity index (χ4n) is 1.92. The standard InChI is InChI=1S/C11H21NO2/c1-8(10(13)14-4)9(2)12-11(3)6-5-7-11/h8-9,12H,5-7H2,1-4H3. The van der Waals surface area contributed by atoms with E-state index in [0.717, 1.165) is 0 Å². The Bertz CT molecular complexity index is 211. The second-order valence-corrected chi connectivity index (χ2v) is 4.66. The van der Waals surface area contributed by atoms with Crippen molar-refractivity contribution >= 4 is 5.97 Å². The molecule has 0 spiro atoms. The second-order valence-electron chi connectivity index (χ2n) is 4.66. The van der Waals surface area contributed by atoms with Gasteiger partial charge in [-0.3, -0.25) is 4.79 Å². The zero-order valence-corrected chi connectivity index (χ0v) is 9.59. The van der Waals surface area contributed by atoms with Gasteiger partial charge in [-0.1, -0.05) is 6.92 Å². The van der Waals surface area contributed by atoms with Crippen LogP contribution in [0.5, 0.6) is 0 Å². The molecule has 1 N–H and O–H groups in total. The van der Waals surface area contributed by atoms with Gasteiger partial charge in [-0.05, 0) is 33.1 Å². The van der Waals surface area contributed by atoms with Gasteiger partial charge in [0.05, 0.1) is 13.0 Å². The van der Waals surface area contributed by atoms with E-state index in [-0.39, 0.29) is 23.5 Å². The third-order valence-electron chi connectivity index (χ3n) is 3.36. The summed E-state index contributed by atoms with van der Waals surface area (Å²) in [5, 5.41) is 3.51. The van der Waals surface area contributed by atoms with Crippen LogP contribution in [-0.2, 0) is 9.53 Å². The number of carbonyl (C=O) groups excluding carboxylic acids is 1. The molecular formula is C11H21NO2. The van der Waals surface area contributed by atoms with Crippen LogP contribution in [0.3, 0.4) is 0 Å². The van der Waals surface area contributed by atoms with E-state index < -0.39 is 0 Å². The average Bonchev–Trinajstić information content (AvgIpc) is 2.12. The van der Waals surface area contributed by atoms with Crippen LogP contribution in [-0.4, -0.2) is 24.7 Å². The van der Waals surface area contributed by atoms with E-state index in [1.807, 2.05) is 13.8 Å². The van der Waals surface area contributed by atoms with Gasteiger partial charge in [0.15, 0.2) is 0 Å². The Balaban J connectivity index is 2.40. The quantitative estimate of drug-likeness (QED) is 0.701. The molecular weight excluding hydrogens is 178 g/mol. The van der Waals surface area contributed by atoms with E-state index in [9.17, 15) is 4.79 Å². The zero-order valence-electron chi connectivity index (χ0n) is 9.59. The summed E-state index contributed by atoms with van der Waals surface area (Å²) in [6.45, 7) is 6.17. The molecule has 3 nitrogen and oxygen atoms in total. The van der Waals surface area contributed by atoms with Crippen LogP contribution in [0.15, 0.2) is 0 Å². The van der Waals surface area contributed by atoms with Crippen LogP contribution < -0.4 is 5.32 Å². The Morgan fingerprint density at radius 3 is 2.36 bits per heavy atom. The van der Waals surface area contributed by atoms with Crippen LogP contribution >= 0.6 is 0 Å². The molecule has 0 aromatic carbocycles. The maximum atomic E-state index is 11.3. The van der Waals surface area contributed by atoms with Crippen LogP contribution in [0.1, 0.15) is 40.0 Å². The first-order chi connectivity index (χ1) is 6.48. The van der Waals surface area contributed by atoms with Gasteiger partial charge >= 0.3 is 5.97 Å². The summed E-state index contributed by atoms with van der Waals surface area (Å²) >= 11 is 0. The van der Waals surface area contributed by atoms with Crippen LogP contribution in [0, 0.1) is 5.92 Å². The summed E-state index contributed by atoms with van der Waals surface area (Å²) in [6.07, 6.45) is 3.72. The van der Waals surface area contributed by atoms with Crippen molar-refractivity contribution in [3.63, 3.8) is 0 Å². The number of nitrogens with one attached hydrogen (secondary N) is 1. The minimum atomic E-state index is -0.132. The minimum Gasteiger partial charge on any atom is -0.469 e. The third kappa shape index (κ3) is 2.47. The molecule has 0 bridgehead atoms. The molecule has 1 aliphatic carbocycles. The Kier molecular flexibility index (Phi) is 3.53. The van der Waals surface area contributed by atoms with Crippen molar-refractivity contribution in [2.75, 3.05) is 7.11 Å². The van der Waals surface area contributed by atoms with Crippen molar-refractivity contribution < 1.29 is 9.53 Å². The van der Waals surface area contributed by atoms with Crippen molar-refractivity contribution in [3.05, 3.63) is 0 Å². The molecule has 0 heterocycles. The number of ether oxygens (including phenoxy) is 1. The fraction of sp³-hybridized carbons (Fsp3) is 0.909. The third-order valence-corrected chi connectivity index (χ3v) is 3.36. The molecule has 82 valence electrons. The molecule has 1 saturated carbocycles. The van der Waals surface area contributed by atoms with Gasteiger partial charge < -0.3 is 10.1 Å². The Morgan fingerprint density at radius 2 is 2.00 bits per heavy atom. The smallest absolute Gasteiger partial charge is 0.309 e. The molecule has 14 heavy (non-hydrogen) atoms. The zero-order chi connectivity index (χ0) is 10.8. The van der Waals surface area contributed by atoms with E-state index in [1.165, 1.54) is 26.4 Å². The largest absolute Gasteiger partial charge is 0.469 e. The number of rotatable bonds is 4.